The first-order valence-corrected chi connectivity index (χ1v) is 13.2. The van der Waals surface area contributed by atoms with Gasteiger partial charge in [-0.05, 0) is 51.4 Å². The van der Waals surface area contributed by atoms with E-state index in [4.69, 9.17) is 4.74 Å². The van der Waals surface area contributed by atoms with E-state index >= 15 is 0 Å². The van der Waals surface area contributed by atoms with Crippen molar-refractivity contribution in [3.05, 3.63) is 48.1 Å². The number of allylic oxidation sites excluding steroid dienone is 5. The summed E-state index contributed by atoms with van der Waals surface area (Å²) in [6.07, 6.45) is 8.56. The van der Waals surface area contributed by atoms with Crippen LogP contribution in [0, 0.1) is 17.8 Å². The van der Waals surface area contributed by atoms with Crippen molar-refractivity contribution < 1.29 is 35.1 Å². The van der Waals surface area contributed by atoms with Gasteiger partial charge in [-0.3, -0.25) is 4.79 Å². The number of rotatable bonds is 6. The SMILES string of the molecule is CC(C)=C/C=C/C(C)C/C=C/C(C)C1C/C=C/[C@@H](O)[C@H](O)[C@@H](O)CC(C)[C@@H](O)C[C@@H](O)CCC(=O)O1. The Bertz CT molecular complexity index is 753. The number of carbonyl (C=O) groups is 1. The lowest BCUT2D eigenvalue weighted by Gasteiger charge is -2.27. The standard InChI is InChI=1S/C29H48O7/c1-19(2)9-6-10-20(3)11-7-12-21(4)27-14-8-13-24(31)29(35)26(33)17-22(5)25(32)18-23(30)15-16-28(34)36-27/h6-10,12-13,20-27,29-33,35H,11,14-18H2,1-5H3/b10-6+,12-7+,13-8+/t20?,21?,22?,23-,24+,25-,26-,27?,29-/m0/s1. The minimum absolute atomic E-state index is 0.0229. The summed E-state index contributed by atoms with van der Waals surface area (Å²) < 4.78 is 5.71. The molecule has 7 nitrogen and oxygen atoms in total. The second kappa shape index (κ2) is 16.9. The molecule has 1 rings (SSSR count). The third kappa shape index (κ3) is 13.0. The van der Waals surface area contributed by atoms with Crippen LogP contribution in [0.2, 0.25) is 0 Å². The molecule has 0 saturated carbocycles. The minimum atomic E-state index is -1.42. The van der Waals surface area contributed by atoms with E-state index in [1.807, 2.05) is 26.8 Å². The lowest BCUT2D eigenvalue weighted by Crippen LogP contribution is -2.39. The average Bonchev–Trinajstić information content (AvgIpc) is 2.80. The van der Waals surface area contributed by atoms with Gasteiger partial charge in [0.2, 0.25) is 0 Å². The molecule has 0 aromatic heterocycles. The third-order valence-corrected chi connectivity index (χ3v) is 6.60. The smallest absolute Gasteiger partial charge is 0.306 e. The van der Waals surface area contributed by atoms with E-state index in [-0.39, 0.29) is 31.6 Å². The summed E-state index contributed by atoms with van der Waals surface area (Å²) in [6, 6.07) is 0. The zero-order valence-electron chi connectivity index (χ0n) is 22.5. The van der Waals surface area contributed by atoms with E-state index in [1.54, 1.807) is 13.0 Å². The number of hydrogen-bond donors (Lipinski definition) is 5. The minimum Gasteiger partial charge on any atom is -0.461 e. The molecule has 5 N–H and O–H groups in total. The average molecular weight is 509 g/mol. The monoisotopic (exact) mass is 508 g/mol. The maximum Gasteiger partial charge on any atom is 0.306 e. The highest BCUT2D eigenvalue weighted by molar-refractivity contribution is 5.69. The number of cyclic esters (lactones) is 1. The van der Waals surface area contributed by atoms with E-state index in [9.17, 15) is 30.3 Å². The normalized spacial score (nSPS) is 34.3. The summed E-state index contributed by atoms with van der Waals surface area (Å²) in [5.41, 5.74) is 1.24. The van der Waals surface area contributed by atoms with Crippen LogP contribution >= 0.6 is 0 Å². The van der Waals surface area contributed by atoms with Crippen LogP contribution in [0.4, 0.5) is 0 Å². The summed E-state index contributed by atoms with van der Waals surface area (Å²) >= 11 is 0. The molecule has 1 aliphatic heterocycles. The quantitative estimate of drug-likeness (QED) is 0.211. The molecule has 0 bridgehead atoms. The van der Waals surface area contributed by atoms with Crippen LogP contribution in [-0.4, -0.2) is 68.1 Å². The molecule has 0 fully saturated rings. The van der Waals surface area contributed by atoms with Crippen LogP contribution in [0.15, 0.2) is 48.1 Å². The summed E-state index contributed by atoms with van der Waals surface area (Å²) in [5, 5.41) is 51.5. The van der Waals surface area contributed by atoms with Gasteiger partial charge in [0.1, 0.15) is 18.3 Å². The predicted molar refractivity (Wildman–Crippen MR) is 142 cm³/mol. The molecule has 0 saturated heterocycles. The van der Waals surface area contributed by atoms with Gasteiger partial charge in [-0.1, -0.05) is 68.9 Å². The first kappa shape index (κ1) is 32.3. The van der Waals surface area contributed by atoms with E-state index in [0.29, 0.717) is 12.3 Å². The number of hydrogen-bond acceptors (Lipinski definition) is 7. The summed E-state index contributed by atoms with van der Waals surface area (Å²) in [7, 11) is 0. The highest BCUT2D eigenvalue weighted by atomic mass is 16.5. The molecule has 0 aromatic carbocycles. The molecule has 0 radical (unpaired) electrons. The number of ether oxygens (including phenoxy) is 1. The topological polar surface area (TPSA) is 127 Å². The Balaban J connectivity index is 2.93. The molecule has 1 aliphatic rings. The van der Waals surface area contributed by atoms with Gasteiger partial charge in [0.15, 0.2) is 0 Å². The second-order valence-corrected chi connectivity index (χ2v) is 10.6. The molecule has 0 amide bonds. The number of esters is 1. The molecule has 36 heavy (non-hydrogen) atoms. The van der Waals surface area contributed by atoms with Crippen LogP contribution in [-0.2, 0) is 9.53 Å². The van der Waals surface area contributed by atoms with E-state index < -0.39 is 48.5 Å². The fraction of sp³-hybridized carbons (Fsp3) is 0.690. The largest absolute Gasteiger partial charge is 0.461 e. The van der Waals surface area contributed by atoms with Crippen molar-refractivity contribution in [1.82, 2.24) is 0 Å². The van der Waals surface area contributed by atoms with Crippen LogP contribution in [0.1, 0.15) is 73.1 Å². The van der Waals surface area contributed by atoms with Gasteiger partial charge in [-0.25, -0.2) is 0 Å². The van der Waals surface area contributed by atoms with Crippen molar-refractivity contribution in [2.45, 2.75) is 110 Å². The van der Waals surface area contributed by atoms with Crippen LogP contribution in [0.3, 0.4) is 0 Å². The molecule has 7 heteroatoms. The predicted octanol–water partition coefficient (Wildman–Crippen LogP) is 3.60. The number of carbonyl (C=O) groups excluding carboxylic acids is 1. The Labute approximate surface area is 216 Å². The first-order chi connectivity index (χ1) is 16.9. The zero-order chi connectivity index (χ0) is 27.3. The maximum absolute atomic E-state index is 12.5. The van der Waals surface area contributed by atoms with Crippen molar-refractivity contribution in [2.24, 2.45) is 17.8 Å². The summed E-state index contributed by atoms with van der Waals surface area (Å²) in [4.78, 5) is 12.5. The van der Waals surface area contributed by atoms with Gasteiger partial charge in [-0.2, -0.15) is 0 Å². The lowest BCUT2D eigenvalue weighted by molar-refractivity contribution is -0.151. The van der Waals surface area contributed by atoms with Gasteiger partial charge in [-0.15, -0.1) is 0 Å². The molecule has 9 atom stereocenters. The zero-order valence-corrected chi connectivity index (χ0v) is 22.5. The van der Waals surface area contributed by atoms with Gasteiger partial charge in [0.25, 0.3) is 0 Å². The van der Waals surface area contributed by atoms with Gasteiger partial charge >= 0.3 is 5.97 Å². The van der Waals surface area contributed by atoms with Crippen molar-refractivity contribution >= 4 is 5.97 Å². The highest BCUT2D eigenvalue weighted by Gasteiger charge is 2.29. The first-order valence-electron chi connectivity index (χ1n) is 13.2. The molecular weight excluding hydrogens is 460 g/mol. The number of aliphatic hydroxyl groups is 5. The van der Waals surface area contributed by atoms with E-state index in [2.05, 4.69) is 31.2 Å². The molecule has 1 heterocycles. The van der Waals surface area contributed by atoms with Crippen LogP contribution in [0.5, 0.6) is 0 Å². The van der Waals surface area contributed by atoms with Crippen LogP contribution in [0.25, 0.3) is 0 Å². The van der Waals surface area contributed by atoms with Gasteiger partial charge in [0.05, 0.1) is 18.3 Å². The Morgan fingerprint density at radius 1 is 1.08 bits per heavy atom. The summed E-state index contributed by atoms with van der Waals surface area (Å²) in [6.45, 7) is 9.88. The van der Waals surface area contributed by atoms with Crippen molar-refractivity contribution in [1.29, 1.82) is 0 Å². The molecule has 4 unspecified atom stereocenters. The van der Waals surface area contributed by atoms with Crippen molar-refractivity contribution in [2.75, 3.05) is 0 Å². The second-order valence-electron chi connectivity index (χ2n) is 10.6. The molecule has 0 aliphatic carbocycles. The van der Waals surface area contributed by atoms with E-state index in [1.165, 1.54) is 11.6 Å². The maximum atomic E-state index is 12.5. The summed E-state index contributed by atoms with van der Waals surface area (Å²) in [5.74, 6) is -0.600. The Morgan fingerprint density at radius 2 is 1.78 bits per heavy atom. The number of aliphatic hydroxyl groups excluding tert-OH is 5. The molecule has 206 valence electrons. The molecule has 0 spiro atoms. The Kier molecular flexibility index (Phi) is 15.1. The Morgan fingerprint density at radius 3 is 2.44 bits per heavy atom. The molecular formula is C29H48O7. The van der Waals surface area contributed by atoms with Crippen molar-refractivity contribution in [3.8, 4) is 0 Å². The fourth-order valence-corrected chi connectivity index (χ4v) is 4.03. The lowest BCUT2D eigenvalue weighted by atomic mass is 9.90. The van der Waals surface area contributed by atoms with Gasteiger partial charge in [0, 0.05) is 18.8 Å². The van der Waals surface area contributed by atoms with Crippen molar-refractivity contribution in [3.63, 3.8) is 0 Å². The highest BCUT2D eigenvalue weighted by Crippen LogP contribution is 2.22. The van der Waals surface area contributed by atoms with Crippen LogP contribution < -0.4 is 0 Å². The van der Waals surface area contributed by atoms with Gasteiger partial charge < -0.3 is 30.3 Å². The third-order valence-electron chi connectivity index (χ3n) is 6.60. The molecule has 0 aromatic rings. The van der Waals surface area contributed by atoms with E-state index in [0.717, 1.165) is 6.42 Å². The fourth-order valence-electron chi connectivity index (χ4n) is 4.03. The Hall–Kier alpha value is -1.77.